The molecule has 4 atom stereocenters. The highest BCUT2D eigenvalue weighted by Gasteiger charge is 2.38. The molecule has 2 nitrogen and oxygen atoms in total. The predicted octanol–water partition coefficient (Wildman–Crippen LogP) is 4.32. The summed E-state index contributed by atoms with van der Waals surface area (Å²) >= 11 is 0. The SMILES string of the molecule is CC(C)C1CCCN(C2CC(C(C)(C)C)CCC2O)CC1. The van der Waals surface area contributed by atoms with Gasteiger partial charge in [-0.05, 0) is 74.8 Å². The van der Waals surface area contributed by atoms with Gasteiger partial charge in [0.1, 0.15) is 0 Å². The topological polar surface area (TPSA) is 23.5 Å². The number of aliphatic hydroxyl groups is 1. The Morgan fingerprint density at radius 1 is 1.00 bits per heavy atom. The van der Waals surface area contributed by atoms with Crippen LogP contribution in [0.15, 0.2) is 0 Å². The van der Waals surface area contributed by atoms with Crippen molar-refractivity contribution in [2.75, 3.05) is 13.1 Å². The van der Waals surface area contributed by atoms with E-state index in [4.69, 9.17) is 0 Å². The van der Waals surface area contributed by atoms with Crippen LogP contribution in [-0.4, -0.2) is 35.2 Å². The van der Waals surface area contributed by atoms with Gasteiger partial charge in [-0.15, -0.1) is 0 Å². The van der Waals surface area contributed by atoms with Gasteiger partial charge in [0.25, 0.3) is 0 Å². The number of hydrogen-bond acceptors (Lipinski definition) is 2. The highest BCUT2D eigenvalue weighted by Crippen LogP contribution is 2.40. The Labute approximate surface area is 132 Å². The number of likely N-dealkylation sites (tertiary alicyclic amines) is 1. The number of aliphatic hydroxyl groups excluding tert-OH is 1. The van der Waals surface area contributed by atoms with Crippen LogP contribution in [0.3, 0.4) is 0 Å². The summed E-state index contributed by atoms with van der Waals surface area (Å²) in [5.74, 6) is 2.45. The van der Waals surface area contributed by atoms with Crippen molar-refractivity contribution in [3.8, 4) is 0 Å². The van der Waals surface area contributed by atoms with Gasteiger partial charge in [0.2, 0.25) is 0 Å². The van der Waals surface area contributed by atoms with E-state index in [1.807, 2.05) is 0 Å². The number of rotatable bonds is 2. The standard InChI is InChI=1S/C19H37NO/c1-14(2)15-7-6-11-20(12-10-15)17-13-16(19(3,4)5)8-9-18(17)21/h14-18,21H,6-13H2,1-5H3. The van der Waals surface area contributed by atoms with Gasteiger partial charge in [0.15, 0.2) is 0 Å². The Bertz CT molecular complexity index is 320. The smallest absolute Gasteiger partial charge is 0.0695 e. The zero-order valence-corrected chi connectivity index (χ0v) is 14.9. The summed E-state index contributed by atoms with van der Waals surface area (Å²) < 4.78 is 0. The molecule has 1 saturated heterocycles. The van der Waals surface area contributed by atoms with Gasteiger partial charge >= 0.3 is 0 Å². The van der Waals surface area contributed by atoms with Gasteiger partial charge in [-0.25, -0.2) is 0 Å². The van der Waals surface area contributed by atoms with E-state index in [1.54, 1.807) is 0 Å². The minimum Gasteiger partial charge on any atom is -0.391 e. The first-order valence-electron chi connectivity index (χ1n) is 9.21. The average Bonchev–Trinajstić information content (AvgIpc) is 2.63. The first-order chi connectivity index (χ1) is 9.79. The third-order valence-electron chi connectivity index (χ3n) is 6.22. The third kappa shape index (κ3) is 4.45. The summed E-state index contributed by atoms with van der Waals surface area (Å²) in [6.45, 7) is 14.2. The van der Waals surface area contributed by atoms with E-state index in [-0.39, 0.29) is 6.10 Å². The van der Waals surface area contributed by atoms with Crippen molar-refractivity contribution in [3.05, 3.63) is 0 Å². The molecule has 0 aromatic carbocycles. The van der Waals surface area contributed by atoms with E-state index in [0.717, 1.165) is 24.2 Å². The highest BCUT2D eigenvalue weighted by molar-refractivity contribution is 4.91. The van der Waals surface area contributed by atoms with Crippen LogP contribution in [0.1, 0.15) is 73.1 Å². The molecule has 0 radical (unpaired) electrons. The van der Waals surface area contributed by atoms with Gasteiger partial charge < -0.3 is 5.11 Å². The van der Waals surface area contributed by atoms with Crippen LogP contribution < -0.4 is 0 Å². The monoisotopic (exact) mass is 295 g/mol. The fourth-order valence-electron chi connectivity index (χ4n) is 4.45. The highest BCUT2D eigenvalue weighted by atomic mass is 16.3. The molecule has 2 aliphatic rings. The van der Waals surface area contributed by atoms with Crippen LogP contribution in [-0.2, 0) is 0 Å². The van der Waals surface area contributed by atoms with E-state index >= 15 is 0 Å². The summed E-state index contributed by atoms with van der Waals surface area (Å²) in [7, 11) is 0. The maximum Gasteiger partial charge on any atom is 0.0695 e. The van der Waals surface area contributed by atoms with Crippen LogP contribution in [0.5, 0.6) is 0 Å². The molecule has 1 saturated carbocycles. The van der Waals surface area contributed by atoms with Crippen molar-refractivity contribution in [1.82, 2.24) is 4.90 Å². The van der Waals surface area contributed by atoms with E-state index in [9.17, 15) is 5.11 Å². The number of hydrogen-bond donors (Lipinski definition) is 1. The second-order valence-electron chi connectivity index (χ2n) is 8.98. The first-order valence-corrected chi connectivity index (χ1v) is 9.21. The summed E-state index contributed by atoms with van der Waals surface area (Å²) in [5, 5.41) is 10.5. The lowest BCUT2D eigenvalue weighted by atomic mass is 9.70. The van der Waals surface area contributed by atoms with Crippen LogP contribution in [0, 0.1) is 23.2 Å². The molecule has 0 aromatic rings. The number of nitrogens with zero attached hydrogens (tertiary/aromatic N) is 1. The molecule has 21 heavy (non-hydrogen) atoms. The van der Waals surface area contributed by atoms with Crippen molar-refractivity contribution in [2.45, 2.75) is 85.3 Å². The quantitative estimate of drug-likeness (QED) is 0.820. The van der Waals surface area contributed by atoms with Crippen LogP contribution in [0.2, 0.25) is 0 Å². The van der Waals surface area contributed by atoms with Crippen molar-refractivity contribution in [3.63, 3.8) is 0 Å². The molecule has 1 aliphatic carbocycles. The molecule has 1 aliphatic heterocycles. The van der Waals surface area contributed by atoms with E-state index in [2.05, 4.69) is 39.5 Å². The van der Waals surface area contributed by atoms with Gasteiger partial charge in [0, 0.05) is 6.04 Å². The molecule has 2 heteroatoms. The second kappa shape index (κ2) is 7.00. The molecular formula is C19H37NO. The lowest BCUT2D eigenvalue weighted by molar-refractivity contribution is -0.0163. The second-order valence-corrected chi connectivity index (χ2v) is 8.98. The summed E-state index contributed by atoms with van der Waals surface area (Å²) in [5.41, 5.74) is 0.380. The lowest BCUT2D eigenvalue weighted by Gasteiger charge is -2.44. The fourth-order valence-corrected chi connectivity index (χ4v) is 4.45. The van der Waals surface area contributed by atoms with Gasteiger partial charge in [-0.3, -0.25) is 4.90 Å². The molecule has 1 heterocycles. The summed E-state index contributed by atoms with van der Waals surface area (Å²) in [4.78, 5) is 2.63. The van der Waals surface area contributed by atoms with E-state index in [1.165, 1.54) is 45.2 Å². The Morgan fingerprint density at radius 2 is 1.71 bits per heavy atom. The average molecular weight is 296 g/mol. The van der Waals surface area contributed by atoms with Crippen LogP contribution in [0.4, 0.5) is 0 Å². The predicted molar refractivity (Wildman–Crippen MR) is 90.3 cm³/mol. The zero-order valence-electron chi connectivity index (χ0n) is 14.9. The van der Waals surface area contributed by atoms with Crippen molar-refractivity contribution < 1.29 is 5.11 Å². The first kappa shape index (κ1) is 17.3. The van der Waals surface area contributed by atoms with E-state index in [0.29, 0.717) is 11.5 Å². The normalized spacial score (nSPS) is 36.7. The zero-order chi connectivity index (χ0) is 15.6. The molecular weight excluding hydrogens is 258 g/mol. The molecule has 0 amide bonds. The van der Waals surface area contributed by atoms with Gasteiger partial charge in [0.05, 0.1) is 6.10 Å². The third-order valence-corrected chi connectivity index (χ3v) is 6.22. The Hall–Kier alpha value is -0.0800. The van der Waals surface area contributed by atoms with Gasteiger partial charge in [-0.2, -0.15) is 0 Å². The van der Waals surface area contributed by atoms with E-state index < -0.39 is 0 Å². The van der Waals surface area contributed by atoms with Gasteiger partial charge in [-0.1, -0.05) is 34.6 Å². The van der Waals surface area contributed by atoms with Crippen LogP contribution in [0.25, 0.3) is 0 Å². The summed E-state index contributed by atoms with van der Waals surface area (Å²) in [6.07, 6.45) is 7.30. The molecule has 124 valence electrons. The molecule has 4 unspecified atom stereocenters. The maximum atomic E-state index is 10.5. The molecule has 2 rings (SSSR count). The fraction of sp³-hybridized carbons (Fsp3) is 1.00. The molecule has 2 fully saturated rings. The Morgan fingerprint density at radius 3 is 2.33 bits per heavy atom. The molecule has 0 bridgehead atoms. The van der Waals surface area contributed by atoms with Crippen LogP contribution >= 0.6 is 0 Å². The largest absolute Gasteiger partial charge is 0.391 e. The summed E-state index contributed by atoms with van der Waals surface area (Å²) in [6, 6.07) is 0.411. The lowest BCUT2D eigenvalue weighted by Crippen LogP contribution is -2.49. The van der Waals surface area contributed by atoms with Crippen molar-refractivity contribution in [2.24, 2.45) is 23.2 Å². The molecule has 0 spiro atoms. The van der Waals surface area contributed by atoms with Crippen molar-refractivity contribution >= 4 is 0 Å². The maximum absolute atomic E-state index is 10.5. The minimum atomic E-state index is -0.0980. The minimum absolute atomic E-state index is 0.0980. The Balaban J connectivity index is 1.98. The molecule has 0 aromatic heterocycles. The van der Waals surface area contributed by atoms with Crippen molar-refractivity contribution in [1.29, 1.82) is 0 Å². The molecule has 1 N–H and O–H groups in total. The Kier molecular flexibility index (Phi) is 5.76.